The molecular weight excluding hydrogens is 440 g/mol. The molecule has 0 saturated carbocycles. The molecule has 2 heterocycles. The fourth-order valence-electron chi connectivity index (χ4n) is 2.73. The normalized spacial score (nSPS) is 10.6. The van der Waals surface area contributed by atoms with Gasteiger partial charge in [-0.15, -0.1) is 0 Å². The Balaban J connectivity index is 1.73. The van der Waals surface area contributed by atoms with Crippen molar-refractivity contribution in [1.82, 2.24) is 9.97 Å². The van der Waals surface area contributed by atoms with Crippen LogP contribution in [0.2, 0.25) is 5.02 Å². The zero-order valence-corrected chi connectivity index (χ0v) is 19.4. The molecule has 33 heavy (non-hydrogen) atoms. The van der Waals surface area contributed by atoms with Gasteiger partial charge in [0.25, 0.3) is 5.91 Å². The van der Waals surface area contributed by atoms with Crippen molar-refractivity contribution < 1.29 is 14.3 Å². The van der Waals surface area contributed by atoms with E-state index in [0.717, 1.165) is 11.1 Å². The zero-order chi connectivity index (χ0) is 24.0. The SMILES string of the molecule is Cc1cc(C#Cc2ccncc2)cnc1NC(=O)c1cc(NC(=O)OC(C)(C)C)ccc1Cl. The maximum Gasteiger partial charge on any atom is 0.412 e. The van der Waals surface area contributed by atoms with Gasteiger partial charge in [0.15, 0.2) is 0 Å². The van der Waals surface area contributed by atoms with E-state index in [-0.39, 0.29) is 10.6 Å². The molecule has 0 aliphatic heterocycles. The first-order valence-corrected chi connectivity index (χ1v) is 10.5. The van der Waals surface area contributed by atoms with Crippen molar-refractivity contribution >= 4 is 35.1 Å². The highest BCUT2D eigenvalue weighted by atomic mass is 35.5. The lowest BCUT2D eigenvalue weighted by atomic mass is 10.1. The highest BCUT2D eigenvalue weighted by Gasteiger charge is 2.18. The van der Waals surface area contributed by atoms with Gasteiger partial charge in [0.1, 0.15) is 11.4 Å². The Kier molecular flexibility index (Phi) is 7.31. The van der Waals surface area contributed by atoms with E-state index in [9.17, 15) is 9.59 Å². The van der Waals surface area contributed by atoms with Crippen LogP contribution in [-0.4, -0.2) is 27.6 Å². The Bertz CT molecular complexity index is 1240. The number of carbonyl (C=O) groups is 2. The summed E-state index contributed by atoms with van der Waals surface area (Å²) in [4.78, 5) is 33.1. The van der Waals surface area contributed by atoms with Crippen molar-refractivity contribution in [2.75, 3.05) is 10.6 Å². The summed E-state index contributed by atoms with van der Waals surface area (Å²) in [5.41, 5.74) is 2.22. The number of aromatic nitrogens is 2. The summed E-state index contributed by atoms with van der Waals surface area (Å²) in [5.74, 6) is 6.00. The molecule has 0 unspecified atom stereocenters. The van der Waals surface area contributed by atoms with Crippen LogP contribution in [0.1, 0.15) is 47.8 Å². The van der Waals surface area contributed by atoms with E-state index in [1.807, 2.05) is 25.1 Å². The number of anilines is 2. The van der Waals surface area contributed by atoms with Crippen molar-refractivity contribution in [1.29, 1.82) is 0 Å². The number of nitrogens with zero attached hydrogens (tertiary/aromatic N) is 2. The maximum atomic E-state index is 12.8. The van der Waals surface area contributed by atoms with Gasteiger partial charge < -0.3 is 10.1 Å². The number of rotatable bonds is 3. The Hall–Kier alpha value is -3.89. The minimum Gasteiger partial charge on any atom is -0.444 e. The summed E-state index contributed by atoms with van der Waals surface area (Å²) in [5, 5.41) is 5.58. The molecule has 2 N–H and O–H groups in total. The molecule has 168 valence electrons. The lowest BCUT2D eigenvalue weighted by Crippen LogP contribution is -2.27. The number of halogens is 1. The summed E-state index contributed by atoms with van der Waals surface area (Å²) in [6.07, 6.45) is 4.31. The highest BCUT2D eigenvalue weighted by molar-refractivity contribution is 6.34. The summed E-state index contributed by atoms with van der Waals surface area (Å²) in [6.45, 7) is 7.11. The predicted molar refractivity (Wildman–Crippen MR) is 128 cm³/mol. The van der Waals surface area contributed by atoms with Gasteiger partial charge in [-0.3, -0.25) is 15.1 Å². The van der Waals surface area contributed by atoms with E-state index in [2.05, 4.69) is 32.4 Å². The van der Waals surface area contributed by atoms with Gasteiger partial charge in [0, 0.05) is 35.4 Å². The van der Waals surface area contributed by atoms with Crippen LogP contribution in [0, 0.1) is 18.8 Å². The van der Waals surface area contributed by atoms with Crippen molar-refractivity contribution in [3.05, 3.63) is 82.3 Å². The van der Waals surface area contributed by atoms with Gasteiger partial charge >= 0.3 is 6.09 Å². The van der Waals surface area contributed by atoms with Crippen LogP contribution in [0.15, 0.2) is 55.0 Å². The van der Waals surface area contributed by atoms with Crippen molar-refractivity contribution in [3.63, 3.8) is 0 Å². The minimum absolute atomic E-state index is 0.188. The molecule has 1 aromatic carbocycles. The fourth-order valence-corrected chi connectivity index (χ4v) is 2.93. The number of amides is 2. The first kappa shape index (κ1) is 23.8. The third kappa shape index (κ3) is 7.06. The molecule has 0 radical (unpaired) electrons. The van der Waals surface area contributed by atoms with Gasteiger partial charge in [-0.2, -0.15) is 0 Å². The molecule has 2 amide bonds. The predicted octanol–water partition coefficient (Wildman–Crippen LogP) is 5.44. The molecule has 2 aromatic heterocycles. The number of hydrogen-bond acceptors (Lipinski definition) is 5. The lowest BCUT2D eigenvalue weighted by molar-refractivity contribution is 0.0635. The Morgan fingerprint density at radius 1 is 1.00 bits per heavy atom. The minimum atomic E-state index is -0.644. The van der Waals surface area contributed by atoms with Gasteiger partial charge in [-0.05, 0) is 69.7 Å². The van der Waals surface area contributed by atoms with Crippen molar-refractivity contribution in [3.8, 4) is 11.8 Å². The first-order valence-electron chi connectivity index (χ1n) is 10.1. The van der Waals surface area contributed by atoms with E-state index < -0.39 is 17.6 Å². The summed E-state index contributed by atoms with van der Waals surface area (Å²) < 4.78 is 5.24. The van der Waals surface area contributed by atoms with Crippen LogP contribution < -0.4 is 10.6 Å². The van der Waals surface area contributed by atoms with E-state index in [1.165, 1.54) is 12.1 Å². The number of nitrogens with one attached hydrogen (secondary N) is 2. The number of hydrogen-bond donors (Lipinski definition) is 2. The lowest BCUT2D eigenvalue weighted by Gasteiger charge is -2.20. The molecule has 0 saturated heterocycles. The molecule has 3 rings (SSSR count). The molecule has 0 atom stereocenters. The van der Waals surface area contributed by atoms with Gasteiger partial charge in [0.2, 0.25) is 0 Å². The zero-order valence-electron chi connectivity index (χ0n) is 18.7. The Morgan fingerprint density at radius 3 is 2.36 bits per heavy atom. The van der Waals surface area contributed by atoms with Crippen LogP contribution >= 0.6 is 11.6 Å². The van der Waals surface area contributed by atoms with Gasteiger partial charge in [-0.1, -0.05) is 23.4 Å². The summed E-state index contributed by atoms with van der Waals surface area (Å²) in [6, 6.07) is 10.1. The Morgan fingerprint density at radius 2 is 1.70 bits per heavy atom. The van der Waals surface area contributed by atoms with Gasteiger partial charge in [0.05, 0.1) is 10.6 Å². The molecule has 0 bridgehead atoms. The second-order valence-electron chi connectivity index (χ2n) is 8.15. The van der Waals surface area contributed by atoms with Crippen LogP contribution in [0.4, 0.5) is 16.3 Å². The molecule has 0 fully saturated rings. The molecule has 0 aliphatic rings. The number of aryl methyl sites for hydroxylation is 1. The quantitative estimate of drug-likeness (QED) is 0.505. The molecule has 0 aliphatic carbocycles. The van der Waals surface area contributed by atoms with E-state index in [4.69, 9.17) is 16.3 Å². The summed E-state index contributed by atoms with van der Waals surface area (Å²) in [7, 11) is 0. The molecule has 8 heteroatoms. The van der Waals surface area contributed by atoms with Crippen molar-refractivity contribution in [2.24, 2.45) is 0 Å². The van der Waals surface area contributed by atoms with Crippen molar-refractivity contribution in [2.45, 2.75) is 33.3 Å². The molecule has 0 spiro atoms. The smallest absolute Gasteiger partial charge is 0.412 e. The molecule has 3 aromatic rings. The third-order valence-electron chi connectivity index (χ3n) is 4.20. The number of carbonyl (C=O) groups excluding carboxylic acids is 2. The second kappa shape index (κ2) is 10.2. The van der Waals surface area contributed by atoms with Crippen LogP contribution in [-0.2, 0) is 4.74 Å². The fraction of sp³-hybridized carbons (Fsp3) is 0.200. The second-order valence-corrected chi connectivity index (χ2v) is 8.56. The van der Waals surface area contributed by atoms with Crippen LogP contribution in [0.5, 0.6) is 0 Å². The number of benzene rings is 1. The largest absolute Gasteiger partial charge is 0.444 e. The van der Waals surface area contributed by atoms with Crippen LogP contribution in [0.25, 0.3) is 0 Å². The van der Waals surface area contributed by atoms with Gasteiger partial charge in [-0.25, -0.2) is 9.78 Å². The van der Waals surface area contributed by atoms with E-state index in [1.54, 1.807) is 45.4 Å². The van der Waals surface area contributed by atoms with Crippen LogP contribution in [0.3, 0.4) is 0 Å². The van der Waals surface area contributed by atoms with E-state index in [0.29, 0.717) is 17.1 Å². The first-order chi connectivity index (χ1) is 15.6. The maximum absolute atomic E-state index is 12.8. The van der Waals surface area contributed by atoms with E-state index >= 15 is 0 Å². The number of ether oxygens (including phenoxy) is 1. The highest BCUT2D eigenvalue weighted by Crippen LogP contribution is 2.23. The monoisotopic (exact) mass is 462 g/mol. The Labute approximate surface area is 197 Å². The molecular formula is C25H23ClN4O3. The molecule has 7 nitrogen and oxygen atoms in total. The standard InChI is InChI=1S/C25H23ClN4O3/c1-16-13-18(6-5-17-9-11-27-12-10-17)15-28-22(16)30-23(31)20-14-19(7-8-21(20)26)29-24(32)33-25(2,3)4/h7-15H,1-4H3,(H,29,32)(H,28,30,31). The summed E-state index contributed by atoms with van der Waals surface area (Å²) >= 11 is 6.22. The number of pyridine rings is 2. The average Bonchev–Trinajstić information content (AvgIpc) is 2.74. The third-order valence-corrected chi connectivity index (χ3v) is 4.53. The topological polar surface area (TPSA) is 93.2 Å². The average molecular weight is 463 g/mol.